The fourth-order valence-corrected chi connectivity index (χ4v) is 3.42. The summed E-state index contributed by atoms with van der Waals surface area (Å²) in [7, 11) is 0. The van der Waals surface area contributed by atoms with Crippen LogP contribution in [0.4, 0.5) is 18.9 Å². The third-order valence-electron chi connectivity index (χ3n) is 4.72. The van der Waals surface area contributed by atoms with Gasteiger partial charge in [-0.3, -0.25) is 4.99 Å². The van der Waals surface area contributed by atoms with Crippen LogP contribution in [0.25, 0.3) is 11.1 Å². The van der Waals surface area contributed by atoms with E-state index in [1.54, 1.807) is 19.1 Å². The maximum absolute atomic E-state index is 14.8. The third-order valence-corrected chi connectivity index (χ3v) is 4.72. The second kappa shape index (κ2) is 6.64. The Balaban J connectivity index is 1.72. The average molecular weight is 381 g/mol. The molecule has 1 N–H and O–H groups in total. The molecule has 0 bridgehead atoms. The van der Waals surface area contributed by atoms with Gasteiger partial charge in [0.25, 0.3) is 0 Å². The van der Waals surface area contributed by atoms with E-state index in [1.807, 2.05) is 0 Å². The minimum atomic E-state index is -1.06. The summed E-state index contributed by atoms with van der Waals surface area (Å²) in [6, 6.07) is 10.6. The number of nitrogens with zero attached hydrogens (tertiary/aromatic N) is 1. The fraction of sp³-hybridized carbons (Fsp3) is 0.0909. The molecule has 1 heterocycles. The molecule has 0 amide bonds. The number of rotatable bonds is 3. The normalized spacial score (nSPS) is 12.6. The quantitative estimate of drug-likeness (QED) is 0.655. The van der Waals surface area contributed by atoms with Crippen molar-refractivity contribution in [1.82, 2.24) is 0 Å². The number of hydrogen-bond acceptors (Lipinski definition) is 2. The van der Waals surface area contributed by atoms with Crippen LogP contribution in [0.5, 0.6) is 0 Å². The lowest BCUT2D eigenvalue weighted by molar-refractivity contribution is 0.0696. The zero-order valence-corrected chi connectivity index (χ0v) is 14.8. The van der Waals surface area contributed by atoms with Crippen molar-refractivity contribution in [3.8, 4) is 11.1 Å². The van der Waals surface area contributed by atoms with Crippen molar-refractivity contribution in [3.05, 3.63) is 88.2 Å². The smallest absolute Gasteiger partial charge is 0.336 e. The van der Waals surface area contributed by atoms with Crippen molar-refractivity contribution >= 4 is 17.4 Å². The van der Waals surface area contributed by atoms with Crippen LogP contribution in [-0.2, 0) is 6.42 Å². The molecule has 4 rings (SSSR count). The van der Waals surface area contributed by atoms with Crippen molar-refractivity contribution < 1.29 is 23.1 Å². The molecule has 1 aliphatic heterocycles. The second-order valence-electron chi connectivity index (χ2n) is 6.67. The number of carboxylic acid groups (broad SMARTS) is 1. The van der Waals surface area contributed by atoms with E-state index >= 15 is 0 Å². The number of aliphatic imine (C=N–C) groups is 1. The molecule has 0 saturated heterocycles. The largest absolute Gasteiger partial charge is 0.478 e. The Labute approximate surface area is 158 Å². The van der Waals surface area contributed by atoms with E-state index in [4.69, 9.17) is 0 Å². The lowest BCUT2D eigenvalue weighted by Gasteiger charge is -2.08. The summed E-state index contributed by atoms with van der Waals surface area (Å²) in [5.41, 5.74) is 2.96. The minimum absolute atomic E-state index is 0.0901. The highest BCUT2D eigenvalue weighted by Gasteiger charge is 2.24. The molecule has 0 saturated carbocycles. The highest BCUT2D eigenvalue weighted by Crippen LogP contribution is 2.34. The SMILES string of the molecule is Cc1cc2c(c(C(=O)O)c1)CC(c1ccc(-c3ccc(F)cc3F)cc1F)=N2. The molecule has 0 aliphatic carbocycles. The molecule has 1 aliphatic rings. The number of benzene rings is 3. The topological polar surface area (TPSA) is 49.7 Å². The molecular formula is C22H14F3NO2. The Hall–Kier alpha value is -3.41. The van der Waals surface area contributed by atoms with Gasteiger partial charge in [-0.2, -0.15) is 0 Å². The molecule has 0 atom stereocenters. The van der Waals surface area contributed by atoms with Crippen molar-refractivity contribution in [2.24, 2.45) is 4.99 Å². The van der Waals surface area contributed by atoms with Crippen molar-refractivity contribution in [3.63, 3.8) is 0 Å². The van der Waals surface area contributed by atoms with Crippen LogP contribution >= 0.6 is 0 Å². The highest BCUT2D eigenvalue weighted by molar-refractivity contribution is 6.09. The standard InChI is InChI=1S/C22H14F3NO2/c1-11-6-17(22(27)28)16-10-21(26-20(16)7-11)15-4-2-12(8-18(15)24)14-5-3-13(23)9-19(14)25/h2-9H,10H2,1H3,(H,27,28). The average Bonchev–Trinajstić information content (AvgIpc) is 3.04. The number of aryl methyl sites for hydroxylation is 1. The molecule has 0 fully saturated rings. The maximum atomic E-state index is 14.8. The van der Waals surface area contributed by atoms with Gasteiger partial charge < -0.3 is 5.11 Å². The molecule has 0 spiro atoms. The summed E-state index contributed by atoms with van der Waals surface area (Å²) in [4.78, 5) is 15.9. The van der Waals surface area contributed by atoms with E-state index in [9.17, 15) is 23.1 Å². The summed E-state index contributed by atoms with van der Waals surface area (Å²) < 4.78 is 41.8. The number of carbonyl (C=O) groups is 1. The predicted molar refractivity (Wildman–Crippen MR) is 99.8 cm³/mol. The predicted octanol–water partition coefficient (Wildman–Crippen LogP) is 5.45. The highest BCUT2D eigenvalue weighted by atomic mass is 19.1. The molecule has 0 unspecified atom stereocenters. The first-order valence-electron chi connectivity index (χ1n) is 8.53. The Morgan fingerprint density at radius 3 is 2.36 bits per heavy atom. The second-order valence-corrected chi connectivity index (χ2v) is 6.67. The zero-order valence-electron chi connectivity index (χ0n) is 14.8. The number of hydrogen-bond donors (Lipinski definition) is 1. The van der Waals surface area contributed by atoms with Gasteiger partial charge in [-0.15, -0.1) is 0 Å². The lowest BCUT2D eigenvalue weighted by Crippen LogP contribution is -2.07. The van der Waals surface area contributed by atoms with Gasteiger partial charge in [0.2, 0.25) is 0 Å². The van der Waals surface area contributed by atoms with Crippen LogP contribution in [0.1, 0.15) is 27.0 Å². The van der Waals surface area contributed by atoms with Crippen LogP contribution in [0.3, 0.4) is 0 Å². The van der Waals surface area contributed by atoms with Crippen LogP contribution in [0.15, 0.2) is 53.5 Å². The summed E-state index contributed by atoms with van der Waals surface area (Å²) in [5, 5.41) is 9.41. The van der Waals surface area contributed by atoms with Gasteiger partial charge in [0.05, 0.1) is 17.0 Å². The maximum Gasteiger partial charge on any atom is 0.336 e. The van der Waals surface area contributed by atoms with Gasteiger partial charge in [-0.1, -0.05) is 6.07 Å². The molecule has 3 aromatic rings. The van der Waals surface area contributed by atoms with Gasteiger partial charge >= 0.3 is 5.97 Å². The van der Waals surface area contributed by atoms with Crippen LogP contribution < -0.4 is 0 Å². The summed E-state index contributed by atoms with van der Waals surface area (Å²) in [5.74, 6) is -3.15. The Morgan fingerprint density at radius 1 is 0.964 bits per heavy atom. The van der Waals surface area contributed by atoms with E-state index in [1.165, 1.54) is 24.3 Å². The van der Waals surface area contributed by atoms with E-state index < -0.39 is 23.4 Å². The van der Waals surface area contributed by atoms with E-state index in [0.29, 0.717) is 17.0 Å². The Kier molecular flexibility index (Phi) is 4.26. The van der Waals surface area contributed by atoms with Gasteiger partial charge in [0, 0.05) is 23.6 Å². The fourth-order valence-electron chi connectivity index (χ4n) is 3.42. The first kappa shape index (κ1) is 18.0. The number of aromatic carboxylic acids is 1. The molecule has 140 valence electrons. The van der Waals surface area contributed by atoms with Gasteiger partial charge in [-0.05, 0) is 60.0 Å². The lowest BCUT2D eigenvalue weighted by atomic mass is 9.96. The molecular weight excluding hydrogens is 367 g/mol. The number of fused-ring (bicyclic) bond motifs is 1. The molecule has 3 aromatic carbocycles. The number of halogens is 3. The van der Waals surface area contributed by atoms with Crippen molar-refractivity contribution in [2.45, 2.75) is 13.3 Å². The summed E-state index contributed by atoms with van der Waals surface area (Å²) in [6.07, 6.45) is 0.193. The van der Waals surface area contributed by atoms with E-state index in [-0.39, 0.29) is 28.7 Å². The molecule has 0 aromatic heterocycles. The molecule has 28 heavy (non-hydrogen) atoms. The zero-order chi connectivity index (χ0) is 20.0. The van der Waals surface area contributed by atoms with Crippen molar-refractivity contribution in [1.29, 1.82) is 0 Å². The van der Waals surface area contributed by atoms with E-state index in [2.05, 4.69) is 4.99 Å². The van der Waals surface area contributed by atoms with Gasteiger partial charge in [-0.25, -0.2) is 18.0 Å². The minimum Gasteiger partial charge on any atom is -0.478 e. The Morgan fingerprint density at radius 2 is 1.68 bits per heavy atom. The first-order valence-corrected chi connectivity index (χ1v) is 8.53. The Bertz CT molecular complexity index is 1170. The van der Waals surface area contributed by atoms with Crippen LogP contribution in [-0.4, -0.2) is 16.8 Å². The molecule has 0 radical (unpaired) electrons. The summed E-state index contributed by atoms with van der Waals surface area (Å²) in [6.45, 7) is 1.77. The monoisotopic (exact) mass is 381 g/mol. The van der Waals surface area contributed by atoms with Gasteiger partial charge in [0.1, 0.15) is 17.5 Å². The summed E-state index contributed by atoms with van der Waals surface area (Å²) >= 11 is 0. The van der Waals surface area contributed by atoms with E-state index in [0.717, 1.165) is 17.7 Å². The van der Waals surface area contributed by atoms with Crippen molar-refractivity contribution in [2.75, 3.05) is 0 Å². The molecule has 3 nitrogen and oxygen atoms in total. The van der Waals surface area contributed by atoms with Gasteiger partial charge in [0.15, 0.2) is 0 Å². The van der Waals surface area contributed by atoms with Crippen LogP contribution in [0, 0.1) is 24.4 Å². The molecule has 6 heteroatoms. The van der Waals surface area contributed by atoms with Crippen LogP contribution in [0.2, 0.25) is 0 Å². The first-order chi connectivity index (χ1) is 13.3. The number of carboxylic acids is 1. The third kappa shape index (κ3) is 3.07.